The molecule has 0 fully saturated rings. The maximum atomic E-state index is 13.2. The quantitative estimate of drug-likeness (QED) is 0.0286. The van der Waals surface area contributed by atoms with Crippen LogP contribution in [0.15, 0.2) is 174 Å². The summed E-state index contributed by atoms with van der Waals surface area (Å²) < 4.78 is 138. The van der Waals surface area contributed by atoms with Crippen LogP contribution < -0.4 is 10.6 Å². The number of phenolic OH excluding ortho intramolecular Hbond substituents is 2. The van der Waals surface area contributed by atoms with Gasteiger partial charge in [0.2, 0.25) is 0 Å². The number of rotatable bonds is 14. The molecule has 0 spiro atoms. The van der Waals surface area contributed by atoms with E-state index in [9.17, 15) is 71.7 Å². The average Bonchev–Trinajstić information content (AvgIpc) is 3.35. The van der Waals surface area contributed by atoms with E-state index in [1.807, 2.05) is 0 Å². The molecule has 0 radical (unpaired) electrons. The first kappa shape index (κ1) is 51.6. The number of aromatic nitrogens is 2. The summed E-state index contributed by atoms with van der Waals surface area (Å²) in [6.07, 6.45) is 4.79. The molecule has 0 unspecified atom stereocenters. The minimum Gasteiger partial charge on any atom is -0.504 e. The fourth-order valence-corrected chi connectivity index (χ4v) is 9.89. The number of pyridine rings is 2. The normalized spacial score (nSPS) is 12.5. The molecule has 24 nitrogen and oxygen atoms in total. The molecule has 28 heteroatoms. The lowest BCUT2D eigenvalue weighted by Gasteiger charge is -2.11. The molecule has 2 aromatic heterocycles. The van der Waals surface area contributed by atoms with Crippen molar-refractivity contribution in [3.8, 4) is 11.5 Å². The highest BCUT2D eigenvalue weighted by atomic mass is 32.2. The number of carbonyl (C=O) groups excluding carboxylic acids is 2. The van der Waals surface area contributed by atoms with Crippen LogP contribution in [-0.4, -0.2) is 83.9 Å². The van der Waals surface area contributed by atoms with E-state index >= 15 is 0 Å². The van der Waals surface area contributed by atoms with E-state index in [-0.39, 0.29) is 78.2 Å². The van der Waals surface area contributed by atoms with Crippen molar-refractivity contribution in [1.29, 1.82) is 0 Å². The van der Waals surface area contributed by atoms with Crippen molar-refractivity contribution in [2.75, 3.05) is 10.6 Å². The van der Waals surface area contributed by atoms with Gasteiger partial charge in [0.05, 0.1) is 11.4 Å². The van der Waals surface area contributed by atoms with Crippen molar-refractivity contribution < 1.29 is 71.7 Å². The van der Waals surface area contributed by atoms with Gasteiger partial charge in [0.25, 0.3) is 52.3 Å². The molecule has 0 bridgehead atoms. The maximum absolute atomic E-state index is 13.2. The number of amides is 2. The van der Waals surface area contributed by atoms with E-state index in [1.54, 1.807) is 0 Å². The zero-order valence-electron chi connectivity index (χ0n) is 36.9. The summed E-state index contributed by atoms with van der Waals surface area (Å²) in [5.41, 5.74) is -1.26. The fraction of sp³-hybridized carbons (Fsp3) is 0. The van der Waals surface area contributed by atoms with Crippen LogP contribution in [0.1, 0.15) is 31.8 Å². The predicted octanol–water partition coefficient (Wildman–Crippen LogP) is 8.69. The Labute approximate surface area is 418 Å². The van der Waals surface area contributed by atoms with E-state index < -0.39 is 83.4 Å². The number of anilines is 2. The molecule has 2 amide bonds. The summed E-state index contributed by atoms with van der Waals surface area (Å²) >= 11 is 0. The van der Waals surface area contributed by atoms with E-state index in [0.717, 1.165) is 36.4 Å². The fourth-order valence-electron chi connectivity index (χ4n) is 7.06. The van der Waals surface area contributed by atoms with Crippen molar-refractivity contribution in [1.82, 2.24) is 9.97 Å². The Balaban J connectivity index is 0.950. The smallest absolute Gasteiger partial charge is 0.295 e. The predicted molar refractivity (Wildman–Crippen MR) is 265 cm³/mol. The largest absolute Gasteiger partial charge is 0.504 e. The molecule has 0 aliphatic rings. The molecule has 6 aromatic carbocycles. The zero-order chi connectivity index (χ0) is 53.3. The Bertz CT molecular complexity index is 3930. The second-order valence-electron chi connectivity index (χ2n) is 15.4. The molecule has 8 aromatic rings. The van der Waals surface area contributed by atoms with Crippen molar-refractivity contribution in [3.05, 3.63) is 156 Å². The first-order valence-corrected chi connectivity index (χ1v) is 26.3. The van der Waals surface area contributed by atoms with Crippen LogP contribution in [0, 0.1) is 0 Å². The van der Waals surface area contributed by atoms with Crippen LogP contribution in [0.2, 0.25) is 0 Å². The summed E-state index contributed by atoms with van der Waals surface area (Å²) in [7, 11) is -19.5. The van der Waals surface area contributed by atoms with Crippen LogP contribution in [0.25, 0.3) is 34.0 Å². The molecule has 74 heavy (non-hydrogen) atoms. The lowest BCUT2D eigenvalue weighted by molar-refractivity contribution is 0.101. The van der Waals surface area contributed by atoms with E-state index in [0.29, 0.717) is 0 Å². The number of benzene rings is 6. The Morgan fingerprint density at radius 1 is 0.446 bits per heavy atom. The average molecular weight is 1080 g/mol. The number of carbonyl (C=O) groups is 2. The number of hydrogen-bond acceptors (Lipinski definition) is 18. The van der Waals surface area contributed by atoms with Crippen LogP contribution in [0.3, 0.4) is 0 Å². The minimum absolute atomic E-state index is 0.0303. The summed E-state index contributed by atoms with van der Waals surface area (Å²) in [5, 5.41) is 41.8. The monoisotopic (exact) mass is 1080 g/mol. The molecule has 0 saturated carbocycles. The lowest BCUT2D eigenvalue weighted by Crippen LogP contribution is -2.12. The van der Waals surface area contributed by atoms with Crippen molar-refractivity contribution in [3.63, 3.8) is 0 Å². The summed E-state index contributed by atoms with van der Waals surface area (Å²) in [6.45, 7) is 0. The Hall–Kier alpha value is -8.74. The van der Waals surface area contributed by atoms with Crippen LogP contribution >= 0.6 is 0 Å². The van der Waals surface area contributed by atoms with Gasteiger partial charge in [-0.3, -0.25) is 37.8 Å². The van der Waals surface area contributed by atoms with Gasteiger partial charge >= 0.3 is 0 Å². The molecule has 0 atom stereocenters. The lowest BCUT2D eigenvalue weighted by atomic mass is 10.1. The van der Waals surface area contributed by atoms with Gasteiger partial charge in [0.15, 0.2) is 11.5 Å². The number of fused-ring (bicyclic) bond motifs is 2. The molecular formula is C46H32N8O16S4. The number of nitrogens with one attached hydrogen (secondary N) is 2. The SMILES string of the molecule is O=C(Nc1ccc(/C=C/c2ccc(NC(=O)c3ccc(N=Nc4cc(S(=O)(=O)O)c5cccnc5c4O)cc3)cc2S(=O)(=O)O)c(S(=O)(=O)O)c1)c1ccc(N=Nc2cc(S(=O)(=O)O)c3cccnc3c2O)cc1. The van der Waals surface area contributed by atoms with Gasteiger partial charge in [-0.25, -0.2) is 0 Å². The van der Waals surface area contributed by atoms with Gasteiger partial charge in [0.1, 0.15) is 42.0 Å². The summed E-state index contributed by atoms with van der Waals surface area (Å²) in [5.74, 6) is -2.54. The first-order valence-electron chi connectivity index (χ1n) is 20.6. The Kier molecular flexibility index (Phi) is 14.0. The molecule has 8 rings (SSSR count). The Morgan fingerprint density at radius 2 is 0.797 bits per heavy atom. The molecular weight excluding hydrogens is 1050 g/mol. The van der Waals surface area contributed by atoms with Gasteiger partial charge in [-0.15, -0.1) is 10.2 Å². The van der Waals surface area contributed by atoms with Gasteiger partial charge < -0.3 is 20.8 Å². The zero-order valence-corrected chi connectivity index (χ0v) is 40.2. The molecule has 0 aliphatic heterocycles. The van der Waals surface area contributed by atoms with Gasteiger partial charge in [-0.2, -0.15) is 43.9 Å². The number of phenols is 2. The molecule has 0 aliphatic carbocycles. The third-order valence-electron chi connectivity index (χ3n) is 10.5. The number of nitrogens with zero attached hydrogens (tertiary/aromatic N) is 6. The second kappa shape index (κ2) is 20.0. The van der Waals surface area contributed by atoms with E-state index in [2.05, 4.69) is 41.1 Å². The highest BCUT2D eigenvalue weighted by Crippen LogP contribution is 2.40. The number of hydrogen-bond donors (Lipinski definition) is 8. The van der Waals surface area contributed by atoms with E-state index in [4.69, 9.17) is 0 Å². The first-order chi connectivity index (χ1) is 34.8. The minimum atomic E-state index is -5.00. The summed E-state index contributed by atoms with van der Waals surface area (Å²) in [4.78, 5) is 31.7. The van der Waals surface area contributed by atoms with Gasteiger partial charge in [-0.1, -0.05) is 24.3 Å². The Morgan fingerprint density at radius 3 is 1.14 bits per heavy atom. The van der Waals surface area contributed by atoms with Gasteiger partial charge in [0, 0.05) is 45.7 Å². The maximum Gasteiger partial charge on any atom is 0.295 e. The third kappa shape index (κ3) is 11.5. The van der Waals surface area contributed by atoms with E-state index in [1.165, 1.54) is 109 Å². The van der Waals surface area contributed by atoms with Crippen molar-refractivity contribution in [2.24, 2.45) is 20.5 Å². The molecule has 8 N–H and O–H groups in total. The number of aromatic hydroxyl groups is 2. The topological polar surface area (TPSA) is 391 Å². The highest BCUT2D eigenvalue weighted by Gasteiger charge is 2.23. The molecule has 0 saturated heterocycles. The molecule has 376 valence electrons. The van der Waals surface area contributed by atoms with Crippen LogP contribution in [0.4, 0.5) is 34.1 Å². The van der Waals surface area contributed by atoms with Crippen LogP contribution in [-0.2, 0) is 40.5 Å². The van der Waals surface area contributed by atoms with Gasteiger partial charge in [-0.05, 0) is 120 Å². The standard InChI is InChI=1S/C46H32N8O16S4/c55-43-35(23-39(73(65,66)67)33-3-1-19-47-41(33)43)53-51-29-13-9-27(10-14-29)45(57)49-31-17-7-25(37(21-31)71(59,60)61)5-6-26-8-18-32(22-38(26)72(62,63)64)50-46(58)28-11-15-30(16-12-28)52-54-36-24-40(74(68,69)70)34-4-2-20-48-42(34)44(36)56/h1-24,55-56H,(H,49,57)(H,50,58)(H,59,60,61)(H,62,63,64)(H,65,66,67)(H,68,69,70)/b6-5+,53-51?,54-52?. The second-order valence-corrected chi connectivity index (χ2v) is 21.0. The number of azo groups is 2. The summed E-state index contributed by atoms with van der Waals surface area (Å²) in [6, 6.07) is 24.6. The van der Waals surface area contributed by atoms with Crippen molar-refractivity contribution >= 4 is 120 Å². The molecule has 2 heterocycles. The highest BCUT2D eigenvalue weighted by molar-refractivity contribution is 7.86. The van der Waals surface area contributed by atoms with Crippen LogP contribution in [0.5, 0.6) is 11.5 Å². The third-order valence-corrected chi connectivity index (χ3v) is 14.1. The van der Waals surface area contributed by atoms with Crippen molar-refractivity contribution in [2.45, 2.75) is 19.6 Å².